The summed E-state index contributed by atoms with van der Waals surface area (Å²) in [4.78, 5) is 30.5. The number of methoxy groups -OCH3 is 2. The maximum absolute atomic E-state index is 14.0. The molecule has 4 rings (SSSR count). The lowest BCUT2D eigenvalue weighted by molar-refractivity contribution is -0.126. The van der Waals surface area contributed by atoms with Gasteiger partial charge in [0, 0.05) is 16.5 Å². The number of carbonyl (C=O) groups excluding carboxylic acids is 2. The van der Waals surface area contributed by atoms with E-state index in [0.717, 1.165) is 41.7 Å². The van der Waals surface area contributed by atoms with Crippen molar-refractivity contribution in [2.24, 2.45) is 0 Å². The Morgan fingerprint density at radius 3 is 2.37 bits per heavy atom. The summed E-state index contributed by atoms with van der Waals surface area (Å²) < 4.78 is 10.8. The highest BCUT2D eigenvalue weighted by atomic mass is 32.1. The quantitative estimate of drug-likeness (QED) is 0.427. The van der Waals surface area contributed by atoms with Crippen molar-refractivity contribution in [1.29, 1.82) is 0 Å². The Hall–Kier alpha value is -3.32. The summed E-state index contributed by atoms with van der Waals surface area (Å²) in [6.07, 6.45) is 4.18. The van der Waals surface area contributed by atoms with Gasteiger partial charge in [0.05, 0.1) is 20.8 Å². The van der Waals surface area contributed by atoms with Crippen LogP contribution in [0.3, 0.4) is 0 Å². The average molecular weight is 493 g/mol. The molecule has 0 bridgehead atoms. The minimum Gasteiger partial charge on any atom is -0.493 e. The van der Waals surface area contributed by atoms with E-state index in [1.807, 2.05) is 48.7 Å². The van der Waals surface area contributed by atoms with Crippen LogP contribution in [0.4, 0.5) is 0 Å². The molecule has 184 valence electrons. The summed E-state index contributed by atoms with van der Waals surface area (Å²) in [6.45, 7) is 2.33. The highest BCUT2D eigenvalue weighted by Crippen LogP contribution is 2.32. The van der Waals surface area contributed by atoms with Gasteiger partial charge in [-0.25, -0.2) is 0 Å². The topological polar surface area (TPSA) is 67.9 Å². The summed E-state index contributed by atoms with van der Waals surface area (Å²) in [6, 6.07) is 16.3. The molecule has 1 aromatic heterocycles. The van der Waals surface area contributed by atoms with E-state index < -0.39 is 6.04 Å². The number of carbonyl (C=O) groups is 2. The molecule has 3 aromatic rings. The van der Waals surface area contributed by atoms with E-state index in [1.165, 1.54) is 0 Å². The molecule has 6 nitrogen and oxygen atoms in total. The Morgan fingerprint density at radius 1 is 1.03 bits per heavy atom. The van der Waals surface area contributed by atoms with Gasteiger partial charge in [-0.2, -0.15) is 0 Å². The Labute approximate surface area is 210 Å². The van der Waals surface area contributed by atoms with E-state index in [1.54, 1.807) is 48.7 Å². The van der Waals surface area contributed by atoms with Gasteiger partial charge in [-0.1, -0.05) is 48.7 Å². The Balaban J connectivity index is 1.75. The van der Waals surface area contributed by atoms with E-state index in [4.69, 9.17) is 9.47 Å². The van der Waals surface area contributed by atoms with Crippen LogP contribution in [-0.2, 0) is 11.3 Å². The number of nitrogens with zero attached hydrogens (tertiary/aromatic N) is 1. The normalized spacial score (nSPS) is 14.4. The van der Waals surface area contributed by atoms with Gasteiger partial charge in [0.1, 0.15) is 6.04 Å². The van der Waals surface area contributed by atoms with Crippen molar-refractivity contribution >= 4 is 23.2 Å². The average Bonchev–Trinajstić information content (AvgIpc) is 3.58. The highest BCUT2D eigenvalue weighted by Gasteiger charge is 2.34. The van der Waals surface area contributed by atoms with Crippen LogP contribution in [0.2, 0.25) is 0 Å². The van der Waals surface area contributed by atoms with Crippen LogP contribution in [0.1, 0.15) is 58.1 Å². The van der Waals surface area contributed by atoms with Crippen LogP contribution >= 0.6 is 11.3 Å². The summed E-state index contributed by atoms with van der Waals surface area (Å²) >= 11 is 1.57. The van der Waals surface area contributed by atoms with E-state index in [0.29, 0.717) is 23.6 Å². The van der Waals surface area contributed by atoms with Crippen LogP contribution in [0.5, 0.6) is 11.5 Å². The third-order valence-electron chi connectivity index (χ3n) is 6.45. The van der Waals surface area contributed by atoms with Crippen LogP contribution in [0, 0.1) is 6.92 Å². The third kappa shape index (κ3) is 5.85. The minimum atomic E-state index is -0.765. The molecule has 1 saturated carbocycles. The van der Waals surface area contributed by atoms with Crippen LogP contribution in [0.25, 0.3) is 0 Å². The second kappa shape index (κ2) is 11.4. The van der Waals surface area contributed by atoms with Gasteiger partial charge < -0.3 is 19.7 Å². The molecule has 0 aliphatic heterocycles. The zero-order chi connectivity index (χ0) is 24.8. The van der Waals surface area contributed by atoms with Crippen molar-refractivity contribution in [3.63, 3.8) is 0 Å². The molecule has 1 atom stereocenters. The van der Waals surface area contributed by atoms with Gasteiger partial charge in [0.2, 0.25) is 5.91 Å². The maximum Gasteiger partial charge on any atom is 0.255 e. The molecule has 7 heteroatoms. The van der Waals surface area contributed by atoms with Crippen LogP contribution < -0.4 is 14.8 Å². The van der Waals surface area contributed by atoms with Crippen LogP contribution in [0.15, 0.2) is 60.0 Å². The summed E-state index contributed by atoms with van der Waals surface area (Å²) in [5, 5.41) is 5.21. The number of aryl methyl sites for hydroxylation is 1. The minimum absolute atomic E-state index is 0.147. The Bertz CT molecular complexity index is 1140. The lowest BCUT2D eigenvalue weighted by Crippen LogP contribution is -2.45. The number of amides is 2. The van der Waals surface area contributed by atoms with Crippen LogP contribution in [-0.4, -0.2) is 37.0 Å². The molecular weight excluding hydrogens is 460 g/mol. The predicted molar refractivity (Wildman–Crippen MR) is 138 cm³/mol. The Morgan fingerprint density at radius 2 is 1.74 bits per heavy atom. The number of rotatable bonds is 9. The number of thiophene rings is 1. The number of benzene rings is 2. The van der Waals surface area contributed by atoms with Gasteiger partial charge in [-0.15, -0.1) is 11.3 Å². The van der Waals surface area contributed by atoms with Gasteiger partial charge in [-0.3, -0.25) is 9.59 Å². The van der Waals surface area contributed by atoms with Gasteiger partial charge >= 0.3 is 0 Å². The second-order valence-electron chi connectivity index (χ2n) is 8.89. The maximum atomic E-state index is 14.0. The first-order valence-corrected chi connectivity index (χ1v) is 12.8. The highest BCUT2D eigenvalue weighted by molar-refractivity contribution is 7.09. The van der Waals surface area contributed by atoms with E-state index in [-0.39, 0.29) is 17.9 Å². The van der Waals surface area contributed by atoms with E-state index in [2.05, 4.69) is 5.32 Å². The fourth-order valence-corrected chi connectivity index (χ4v) is 5.26. The molecule has 1 aliphatic rings. The summed E-state index contributed by atoms with van der Waals surface area (Å²) in [7, 11) is 3.10. The first-order valence-electron chi connectivity index (χ1n) is 11.9. The molecule has 0 radical (unpaired) electrons. The molecule has 1 aliphatic carbocycles. The summed E-state index contributed by atoms with van der Waals surface area (Å²) in [5.74, 6) is 0.622. The Kier molecular flexibility index (Phi) is 8.08. The molecular formula is C28H32N2O4S. The smallest absolute Gasteiger partial charge is 0.255 e. The second-order valence-corrected chi connectivity index (χ2v) is 9.92. The predicted octanol–water partition coefficient (Wildman–Crippen LogP) is 5.52. The fourth-order valence-electron chi connectivity index (χ4n) is 4.56. The monoisotopic (exact) mass is 492 g/mol. The largest absolute Gasteiger partial charge is 0.493 e. The van der Waals surface area contributed by atoms with E-state index >= 15 is 0 Å². The molecule has 0 saturated heterocycles. The molecule has 1 fully saturated rings. The van der Waals surface area contributed by atoms with Gasteiger partial charge in [0.25, 0.3) is 5.91 Å². The molecule has 1 heterocycles. The molecule has 1 N–H and O–H groups in total. The van der Waals surface area contributed by atoms with Crippen molar-refractivity contribution < 1.29 is 19.1 Å². The van der Waals surface area contributed by atoms with Crippen molar-refractivity contribution in [1.82, 2.24) is 10.2 Å². The van der Waals surface area contributed by atoms with Crippen molar-refractivity contribution in [2.45, 2.75) is 51.2 Å². The van der Waals surface area contributed by atoms with Crippen molar-refractivity contribution in [3.05, 3.63) is 81.5 Å². The first-order chi connectivity index (χ1) is 17.0. The van der Waals surface area contributed by atoms with Crippen molar-refractivity contribution in [2.75, 3.05) is 14.2 Å². The number of hydrogen-bond acceptors (Lipinski definition) is 5. The SMILES string of the molecule is COc1ccc(C(=O)N(Cc2cccs2)[C@@H](C(=O)NC2CCCC2)c2ccc(C)cc2)cc1OC. The molecule has 0 spiro atoms. The lowest BCUT2D eigenvalue weighted by atomic mass is 10.0. The number of nitrogens with one attached hydrogen (secondary N) is 1. The summed E-state index contributed by atoms with van der Waals surface area (Å²) in [5.41, 5.74) is 2.32. The molecule has 2 aromatic carbocycles. The first kappa shape index (κ1) is 24.8. The zero-order valence-corrected chi connectivity index (χ0v) is 21.3. The molecule has 35 heavy (non-hydrogen) atoms. The zero-order valence-electron chi connectivity index (χ0n) is 20.5. The fraction of sp³-hybridized carbons (Fsp3) is 0.357. The van der Waals surface area contributed by atoms with E-state index in [9.17, 15) is 9.59 Å². The standard InChI is InChI=1S/C28H32N2O4S/c1-19-10-12-20(13-11-19)26(27(31)29-22-7-4-5-8-22)30(18-23-9-6-16-35-23)28(32)21-14-15-24(33-2)25(17-21)34-3/h6,9-17,22,26H,4-5,7-8,18H2,1-3H3,(H,29,31)/t26-/m1/s1. The number of ether oxygens (including phenoxy) is 2. The number of hydrogen-bond donors (Lipinski definition) is 1. The van der Waals surface area contributed by atoms with Crippen molar-refractivity contribution in [3.8, 4) is 11.5 Å². The third-order valence-corrected chi connectivity index (χ3v) is 7.31. The van der Waals surface area contributed by atoms with Gasteiger partial charge in [-0.05, 0) is 55.0 Å². The molecule has 2 amide bonds. The molecule has 0 unspecified atom stereocenters. The van der Waals surface area contributed by atoms with Gasteiger partial charge in [0.15, 0.2) is 11.5 Å². The lowest BCUT2D eigenvalue weighted by Gasteiger charge is -2.32.